The summed E-state index contributed by atoms with van der Waals surface area (Å²) in [5.74, 6) is 2.25. The second kappa shape index (κ2) is 17.8. The Bertz CT molecular complexity index is 2640. The minimum absolute atomic E-state index is 0.412. The molecule has 0 N–H and O–H groups in total. The number of rotatable bonds is 4. The third kappa shape index (κ3) is 7.59. The van der Waals surface area contributed by atoms with Gasteiger partial charge in [-0.3, -0.25) is 0 Å². The Hall–Kier alpha value is -5.72. The molecular weight excluding hydrogens is 683 g/mol. The highest BCUT2D eigenvalue weighted by Gasteiger charge is 2.51. The van der Waals surface area contributed by atoms with E-state index in [0.717, 1.165) is 33.3 Å². The Morgan fingerprint density at radius 3 is 1.64 bits per heavy atom. The highest BCUT2D eigenvalue weighted by atomic mass is 16.7. The molecule has 0 amide bonds. The Morgan fingerprint density at radius 1 is 0.589 bits per heavy atom. The van der Waals surface area contributed by atoms with Gasteiger partial charge in [-0.25, -0.2) is 0 Å². The summed E-state index contributed by atoms with van der Waals surface area (Å²) in [7, 11) is -0.438. The largest absolute Gasteiger partial charge is 0.494 e. The van der Waals surface area contributed by atoms with Crippen LogP contribution in [0.2, 0.25) is 0 Å². The van der Waals surface area contributed by atoms with E-state index < -0.39 is 18.3 Å². The predicted octanol–water partition coefficient (Wildman–Crippen LogP) is 13.3. The second-order valence-corrected chi connectivity index (χ2v) is 13.8. The molecule has 5 aromatic carbocycles. The first-order valence-electron chi connectivity index (χ1n) is 20.0. The van der Waals surface area contributed by atoms with Crippen molar-refractivity contribution >= 4 is 61.9 Å². The number of terminal acetylenes is 1. The lowest BCUT2D eigenvalue weighted by atomic mass is 9.78. The van der Waals surface area contributed by atoms with E-state index in [9.17, 15) is 0 Å². The molecule has 4 nitrogen and oxygen atoms in total. The number of nitrogens with zero attached hydrogens (tertiary/aromatic N) is 2. The minimum atomic E-state index is -0.438. The summed E-state index contributed by atoms with van der Waals surface area (Å²) in [5.41, 5.74) is 15.8. The van der Waals surface area contributed by atoms with E-state index >= 15 is 0 Å². The number of allylic oxidation sites excluding steroid dienone is 4. The van der Waals surface area contributed by atoms with Crippen molar-refractivity contribution in [3.8, 4) is 29.2 Å². The zero-order valence-electron chi connectivity index (χ0n) is 35.0. The molecule has 1 fully saturated rings. The predicted molar refractivity (Wildman–Crippen MR) is 244 cm³/mol. The van der Waals surface area contributed by atoms with E-state index in [4.69, 9.17) is 9.31 Å². The van der Waals surface area contributed by atoms with Gasteiger partial charge in [0.25, 0.3) is 0 Å². The van der Waals surface area contributed by atoms with E-state index in [0.29, 0.717) is 0 Å². The average Bonchev–Trinajstić information content (AvgIpc) is 3.83. The fourth-order valence-corrected chi connectivity index (χ4v) is 7.09. The summed E-state index contributed by atoms with van der Waals surface area (Å²) in [4.78, 5) is 0. The molecule has 3 heterocycles. The van der Waals surface area contributed by atoms with Gasteiger partial charge < -0.3 is 18.4 Å². The number of hydrogen-bond donors (Lipinski definition) is 0. The van der Waals surface area contributed by atoms with Gasteiger partial charge in [0, 0.05) is 27.2 Å². The Morgan fingerprint density at radius 2 is 1.07 bits per heavy atom. The molecule has 56 heavy (non-hydrogen) atoms. The quantitative estimate of drug-likeness (QED) is 0.102. The molecule has 5 heteroatoms. The lowest BCUT2D eigenvalue weighted by Gasteiger charge is -2.32. The van der Waals surface area contributed by atoms with Crippen molar-refractivity contribution in [1.29, 1.82) is 0 Å². The van der Waals surface area contributed by atoms with E-state index in [1.807, 2.05) is 53.7 Å². The summed E-state index contributed by atoms with van der Waals surface area (Å²) in [5, 5.41) is 4.80. The van der Waals surface area contributed by atoms with Crippen LogP contribution in [0.5, 0.6) is 0 Å². The fraction of sp³-hybridized carbons (Fsp3) is 0.255. The molecule has 0 unspecified atom stereocenters. The van der Waals surface area contributed by atoms with E-state index in [-0.39, 0.29) is 0 Å². The standard InChI is InChI=1S/C42H33BN2O2.C3H4.3C2H6/c1-41(2)42(3,4)47-43(46-41)30-21-24-40-36(27-30)35-26-29(20-23-39(35)45(40)32-15-9-6-10-16-32)28-19-22-38-34(25-28)33-17-11-12-18-37(33)44(38)31-13-7-5-8-14-31;1-3-2;3*1-2/h5-9,11-15,17-27H,1-4H3;1H,2H3;3*1-2H3. The molecule has 0 atom stereocenters. The zero-order chi connectivity index (χ0) is 40.6. The maximum Gasteiger partial charge on any atom is 0.494 e. The average molecular weight is 739 g/mol. The topological polar surface area (TPSA) is 28.3 Å². The molecule has 0 bridgehead atoms. The smallest absolute Gasteiger partial charge is 0.399 e. The maximum atomic E-state index is 6.46. The summed E-state index contributed by atoms with van der Waals surface area (Å²) in [6.45, 7) is 22.0. The summed E-state index contributed by atoms with van der Waals surface area (Å²) in [6, 6.07) is 39.5. The van der Waals surface area contributed by atoms with Crippen LogP contribution in [0.4, 0.5) is 0 Å². The van der Waals surface area contributed by atoms with Gasteiger partial charge in [-0.2, -0.15) is 0 Å². The molecule has 0 radical (unpaired) electrons. The van der Waals surface area contributed by atoms with Crippen LogP contribution in [0.25, 0.3) is 66.1 Å². The van der Waals surface area contributed by atoms with Crippen molar-refractivity contribution in [1.82, 2.24) is 9.13 Å². The zero-order valence-corrected chi connectivity index (χ0v) is 35.0. The van der Waals surface area contributed by atoms with Crippen molar-refractivity contribution in [3.63, 3.8) is 0 Å². The van der Waals surface area contributed by atoms with Gasteiger partial charge in [-0.15, -0.1) is 12.3 Å². The normalized spacial score (nSPS) is 14.5. The third-order valence-electron chi connectivity index (χ3n) is 10.2. The lowest BCUT2D eigenvalue weighted by molar-refractivity contribution is 0.00578. The highest BCUT2D eigenvalue weighted by Crippen LogP contribution is 2.40. The van der Waals surface area contributed by atoms with Crippen molar-refractivity contribution < 1.29 is 9.31 Å². The van der Waals surface area contributed by atoms with Gasteiger partial charge in [0.15, 0.2) is 0 Å². The first-order chi connectivity index (χ1) is 27.2. The van der Waals surface area contributed by atoms with Gasteiger partial charge in [0.2, 0.25) is 0 Å². The SMILES string of the molecule is C#CC.CC.CC.CC.CC1(C)OB(c2ccc3c(c2)c2cc(-c4ccc5c(c4)c4ccccc4n5-c4ccccc4)ccc2n3C2=C=C=CC=C2)OC1(C)C. The Balaban J connectivity index is 0.000000620. The van der Waals surface area contributed by atoms with Gasteiger partial charge >= 0.3 is 7.12 Å². The van der Waals surface area contributed by atoms with Crippen molar-refractivity contribution in [2.24, 2.45) is 0 Å². The van der Waals surface area contributed by atoms with Crippen LogP contribution in [0.15, 0.2) is 139 Å². The Labute approximate surface area is 334 Å². The summed E-state index contributed by atoms with van der Waals surface area (Å²) in [6.07, 6.45) is 10.6. The number of para-hydroxylation sites is 2. The van der Waals surface area contributed by atoms with Crippen LogP contribution in [-0.2, 0) is 9.31 Å². The van der Waals surface area contributed by atoms with Gasteiger partial charge in [0.05, 0.1) is 39.0 Å². The fourth-order valence-electron chi connectivity index (χ4n) is 7.09. The minimum Gasteiger partial charge on any atom is -0.399 e. The molecule has 284 valence electrons. The van der Waals surface area contributed by atoms with Gasteiger partial charge in [-0.05, 0) is 118 Å². The molecule has 2 aliphatic rings. The van der Waals surface area contributed by atoms with Gasteiger partial charge in [0.1, 0.15) is 0 Å². The monoisotopic (exact) mass is 738 g/mol. The lowest BCUT2D eigenvalue weighted by Crippen LogP contribution is -2.41. The highest BCUT2D eigenvalue weighted by molar-refractivity contribution is 6.62. The molecule has 0 spiro atoms. The third-order valence-corrected chi connectivity index (χ3v) is 10.2. The molecule has 7 aromatic rings. The van der Waals surface area contributed by atoms with E-state index in [1.54, 1.807) is 6.92 Å². The van der Waals surface area contributed by atoms with Crippen molar-refractivity contribution in [2.45, 2.75) is 87.4 Å². The molecule has 9 rings (SSSR count). The number of benzene rings is 5. The van der Waals surface area contributed by atoms with Gasteiger partial charge in [-0.1, -0.05) is 114 Å². The summed E-state index contributed by atoms with van der Waals surface area (Å²) >= 11 is 0. The molecule has 1 saturated heterocycles. The molecule has 1 aliphatic carbocycles. The molecule has 0 saturated carbocycles. The van der Waals surface area contributed by atoms with Crippen LogP contribution < -0.4 is 5.46 Å². The van der Waals surface area contributed by atoms with Crippen LogP contribution in [0, 0.1) is 12.3 Å². The van der Waals surface area contributed by atoms with Crippen LogP contribution in [0.3, 0.4) is 0 Å². The molecule has 2 aromatic heterocycles. The number of hydrogen-bond acceptors (Lipinski definition) is 2. The summed E-state index contributed by atoms with van der Waals surface area (Å²) < 4.78 is 17.6. The first-order valence-corrected chi connectivity index (χ1v) is 20.0. The van der Waals surface area contributed by atoms with E-state index in [2.05, 4.69) is 176 Å². The molecular formula is C51H55BN2O2. The van der Waals surface area contributed by atoms with E-state index in [1.165, 1.54) is 38.3 Å². The van der Waals surface area contributed by atoms with Crippen molar-refractivity contribution in [3.05, 3.63) is 139 Å². The number of fused-ring (bicyclic) bond motifs is 6. The molecule has 1 aliphatic heterocycles. The van der Waals surface area contributed by atoms with Crippen molar-refractivity contribution in [2.75, 3.05) is 0 Å². The van der Waals surface area contributed by atoms with Crippen LogP contribution in [-0.4, -0.2) is 27.5 Å². The van der Waals surface area contributed by atoms with Crippen LogP contribution >= 0.6 is 0 Å². The number of aromatic nitrogens is 2. The Kier molecular flexibility index (Phi) is 13.2. The van der Waals surface area contributed by atoms with Crippen LogP contribution in [0.1, 0.15) is 76.2 Å². The first kappa shape index (κ1) is 41.4. The maximum absolute atomic E-state index is 6.46. The second-order valence-electron chi connectivity index (χ2n) is 13.8.